The Labute approximate surface area is 144 Å². The van der Waals surface area contributed by atoms with Crippen LogP contribution in [0.15, 0.2) is 29.6 Å². The average Bonchev–Trinajstić information content (AvgIpc) is 3.19. The van der Waals surface area contributed by atoms with Crippen molar-refractivity contribution in [2.24, 2.45) is 0 Å². The number of aromatic nitrogens is 1. The highest BCUT2D eigenvalue weighted by Crippen LogP contribution is 2.39. The zero-order valence-corrected chi connectivity index (χ0v) is 14.4. The molecule has 6 heteroatoms. The Balaban J connectivity index is 1.67. The van der Waals surface area contributed by atoms with E-state index in [2.05, 4.69) is 11.9 Å². The molecule has 1 aromatic heterocycles. The molecule has 2 amide bonds. The zero-order chi connectivity index (χ0) is 16.7. The van der Waals surface area contributed by atoms with Crippen LogP contribution in [0.1, 0.15) is 57.3 Å². The highest BCUT2D eigenvalue weighted by molar-refractivity contribution is 7.09. The van der Waals surface area contributed by atoms with Crippen molar-refractivity contribution in [2.45, 2.75) is 32.4 Å². The van der Waals surface area contributed by atoms with Crippen LogP contribution in [0, 0.1) is 0 Å². The van der Waals surface area contributed by atoms with Crippen LogP contribution in [-0.2, 0) is 6.42 Å². The van der Waals surface area contributed by atoms with E-state index in [0.717, 1.165) is 29.8 Å². The van der Waals surface area contributed by atoms with Crippen LogP contribution >= 0.6 is 11.3 Å². The minimum absolute atomic E-state index is 0.0260. The molecule has 0 aliphatic carbocycles. The molecule has 0 saturated carbocycles. The van der Waals surface area contributed by atoms with Gasteiger partial charge in [-0.2, -0.15) is 0 Å². The van der Waals surface area contributed by atoms with E-state index in [1.165, 1.54) is 11.3 Å². The number of carbonyl (C=O) groups is 2. The topological polar surface area (TPSA) is 53.5 Å². The van der Waals surface area contributed by atoms with Gasteiger partial charge in [0.1, 0.15) is 11.9 Å². The first kappa shape index (κ1) is 15.3. The van der Waals surface area contributed by atoms with Gasteiger partial charge in [-0.1, -0.05) is 25.1 Å². The van der Waals surface area contributed by atoms with E-state index in [9.17, 15) is 9.59 Å². The molecule has 5 nitrogen and oxygen atoms in total. The van der Waals surface area contributed by atoms with E-state index in [1.807, 2.05) is 34.5 Å². The molecule has 24 heavy (non-hydrogen) atoms. The van der Waals surface area contributed by atoms with Crippen LogP contribution in [0.4, 0.5) is 0 Å². The number of fused-ring (bicyclic) bond motifs is 3. The van der Waals surface area contributed by atoms with Crippen molar-refractivity contribution in [1.29, 1.82) is 0 Å². The summed E-state index contributed by atoms with van der Waals surface area (Å²) in [7, 11) is 0. The van der Waals surface area contributed by atoms with Crippen molar-refractivity contribution in [2.75, 3.05) is 13.1 Å². The number of rotatable bonds is 3. The number of nitrogens with zero attached hydrogens (tertiary/aromatic N) is 3. The maximum atomic E-state index is 13.0. The molecule has 3 heterocycles. The van der Waals surface area contributed by atoms with Crippen molar-refractivity contribution >= 4 is 23.2 Å². The van der Waals surface area contributed by atoms with Gasteiger partial charge in [-0.3, -0.25) is 9.59 Å². The normalized spacial score (nSPS) is 19.4. The minimum Gasteiger partial charge on any atom is -0.314 e. The van der Waals surface area contributed by atoms with E-state index in [1.54, 1.807) is 4.90 Å². The molecule has 2 aliphatic heterocycles. The second kappa shape index (κ2) is 6.02. The van der Waals surface area contributed by atoms with E-state index in [0.29, 0.717) is 24.3 Å². The van der Waals surface area contributed by atoms with Crippen molar-refractivity contribution in [3.8, 4) is 0 Å². The van der Waals surface area contributed by atoms with E-state index in [4.69, 9.17) is 0 Å². The summed E-state index contributed by atoms with van der Waals surface area (Å²) in [5.74, 6) is -0.0501. The number of hydrogen-bond donors (Lipinski definition) is 0. The molecule has 1 fully saturated rings. The molecule has 0 bridgehead atoms. The van der Waals surface area contributed by atoms with Gasteiger partial charge >= 0.3 is 0 Å². The van der Waals surface area contributed by atoms with Gasteiger partial charge in [0.15, 0.2) is 0 Å². The third kappa shape index (κ3) is 2.33. The molecule has 0 radical (unpaired) electrons. The molecular weight excluding hydrogens is 322 g/mol. The first-order valence-corrected chi connectivity index (χ1v) is 9.24. The molecule has 2 aromatic rings. The lowest BCUT2D eigenvalue weighted by Gasteiger charge is -2.39. The molecule has 1 aromatic carbocycles. The average molecular weight is 341 g/mol. The second-order valence-electron chi connectivity index (χ2n) is 6.19. The summed E-state index contributed by atoms with van der Waals surface area (Å²) in [5.41, 5.74) is 2.15. The Morgan fingerprint density at radius 2 is 2.17 bits per heavy atom. The van der Waals surface area contributed by atoms with Crippen LogP contribution in [0.5, 0.6) is 0 Å². The maximum Gasteiger partial charge on any atom is 0.275 e. The SMILES string of the molecule is CCCc1nc(C(=O)N2CCCN3C(=O)c4ccccc4[C@H]23)cs1. The number of aryl methyl sites for hydroxylation is 1. The maximum absolute atomic E-state index is 13.0. The van der Waals surface area contributed by atoms with Crippen molar-refractivity contribution in [1.82, 2.24) is 14.8 Å². The summed E-state index contributed by atoms with van der Waals surface area (Å²) in [6.07, 6.45) is 2.43. The third-order valence-electron chi connectivity index (χ3n) is 4.61. The highest BCUT2D eigenvalue weighted by atomic mass is 32.1. The lowest BCUT2D eigenvalue weighted by molar-refractivity contribution is 0.0161. The number of carbonyl (C=O) groups excluding carboxylic acids is 2. The monoisotopic (exact) mass is 341 g/mol. The summed E-state index contributed by atoms with van der Waals surface area (Å²) in [4.78, 5) is 33.7. The summed E-state index contributed by atoms with van der Waals surface area (Å²) in [6.45, 7) is 3.45. The smallest absolute Gasteiger partial charge is 0.275 e. The van der Waals surface area contributed by atoms with Crippen LogP contribution in [0.25, 0.3) is 0 Å². The molecule has 0 spiro atoms. The quantitative estimate of drug-likeness (QED) is 0.862. The van der Waals surface area contributed by atoms with Gasteiger partial charge in [0.05, 0.1) is 5.01 Å². The summed E-state index contributed by atoms with van der Waals surface area (Å²) < 4.78 is 0. The molecule has 1 atom stereocenters. The van der Waals surface area contributed by atoms with Gasteiger partial charge in [0.2, 0.25) is 0 Å². The van der Waals surface area contributed by atoms with Crippen molar-refractivity contribution < 1.29 is 9.59 Å². The van der Waals surface area contributed by atoms with Crippen LogP contribution in [0.2, 0.25) is 0 Å². The Morgan fingerprint density at radius 1 is 1.33 bits per heavy atom. The summed E-state index contributed by atoms with van der Waals surface area (Å²) >= 11 is 1.54. The summed E-state index contributed by atoms with van der Waals surface area (Å²) in [6, 6.07) is 7.60. The first-order chi connectivity index (χ1) is 11.7. The fraction of sp³-hybridized carbons (Fsp3) is 0.389. The number of benzene rings is 1. The predicted octanol–water partition coefficient (Wildman–Crippen LogP) is 3.10. The first-order valence-electron chi connectivity index (χ1n) is 8.36. The highest BCUT2D eigenvalue weighted by Gasteiger charge is 2.44. The van der Waals surface area contributed by atoms with Gasteiger partial charge in [-0.25, -0.2) is 4.98 Å². The summed E-state index contributed by atoms with van der Waals surface area (Å²) in [5, 5.41) is 2.84. The Hall–Kier alpha value is -2.21. The lowest BCUT2D eigenvalue weighted by Crippen LogP contribution is -2.48. The largest absolute Gasteiger partial charge is 0.314 e. The standard InChI is InChI=1S/C18H19N3O2S/c1-2-6-15-19-14(11-24-15)18(23)21-10-5-9-20-16(21)12-7-3-4-8-13(12)17(20)22/h3-4,7-8,11,16H,2,5-6,9-10H2,1H3/t16-/m0/s1. The molecule has 124 valence electrons. The zero-order valence-electron chi connectivity index (χ0n) is 13.6. The Bertz CT molecular complexity index is 801. The third-order valence-corrected chi connectivity index (χ3v) is 5.52. The second-order valence-corrected chi connectivity index (χ2v) is 7.13. The van der Waals surface area contributed by atoms with Crippen molar-refractivity contribution in [3.63, 3.8) is 0 Å². The number of amides is 2. The fourth-order valence-corrected chi connectivity index (χ4v) is 4.42. The number of thiazole rings is 1. The minimum atomic E-state index is -0.286. The fourth-order valence-electron chi connectivity index (χ4n) is 3.54. The lowest BCUT2D eigenvalue weighted by atomic mass is 10.1. The molecule has 4 rings (SSSR count). The van der Waals surface area contributed by atoms with Crippen LogP contribution in [-0.4, -0.2) is 39.7 Å². The molecule has 1 saturated heterocycles. The van der Waals surface area contributed by atoms with Crippen LogP contribution < -0.4 is 0 Å². The van der Waals surface area contributed by atoms with Gasteiger partial charge < -0.3 is 9.80 Å². The van der Waals surface area contributed by atoms with E-state index < -0.39 is 0 Å². The van der Waals surface area contributed by atoms with Gasteiger partial charge in [0.25, 0.3) is 11.8 Å². The van der Waals surface area contributed by atoms with E-state index >= 15 is 0 Å². The Kier molecular flexibility index (Phi) is 3.84. The molecule has 0 N–H and O–H groups in total. The van der Waals surface area contributed by atoms with Crippen LogP contribution in [0.3, 0.4) is 0 Å². The number of hydrogen-bond acceptors (Lipinski definition) is 4. The predicted molar refractivity (Wildman–Crippen MR) is 92.0 cm³/mol. The van der Waals surface area contributed by atoms with Gasteiger partial charge in [-0.05, 0) is 25.3 Å². The van der Waals surface area contributed by atoms with Gasteiger partial charge in [-0.15, -0.1) is 11.3 Å². The van der Waals surface area contributed by atoms with E-state index in [-0.39, 0.29) is 18.0 Å². The van der Waals surface area contributed by atoms with Gasteiger partial charge in [0, 0.05) is 29.6 Å². The molecule has 0 unspecified atom stereocenters. The molecular formula is C18H19N3O2S. The van der Waals surface area contributed by atoms with Crippen molar-refractivity contribution in [3.05, 3.63) is 51.5 Å². The Morgan fingerprint density at radius 3 is 3.00 bits per heavy atom. The molecule has 2 aliphatic rings.